The van der Waals surface area contributed by atoms with E-state index in [0.29, 0.717) is 5.82 Å². The summed E-state index contributed by atoms with van der Waals surface area (Å²) < 4.78 is 4.81. The number of aromatic nitrogens is 2. The van der Waals surface area contributed by atoms with Crippen molar-refractivity contribution in [2.45, 2.75) is 25.3 Å². The van der Waals surface area contributed by atoms with Gasteiger partial charge < -0.3 is 9.64 Å². The fourth-order valence-corrected chi connectivity index (χ4v) is 2.22. The molecule has 1 aliphatic heterocycles. The van der Waals surface area contributed by atoms with Gasteiger partial charge in [0.15, 0.2) is 0 Å². The average molecular weight is 256 g/mol. The second-order valence-corrected chi connectivity index (χ2v) is 4.25. The van der Waals surface area contributed by atoms with Crippen molar-refractivity contribution >= 4 is 23.4 Å². The fraction of sp³-hybridized carbons (Fsp3) is 0.545. The van der Waals surface area contributed by atoms with Gasteiger partial charge >= 0.3 is 5.97 Å². The molecule has 1 saturated heterocycles. The van der Waals surface area contributed by atoms with E-state index in [-0.39, 0.29) is 17.3 Å². The third kappa shape index (κ3) is 2.66. The largest absolute Gasteiger partial charge is 0.467 e. The number of carbonyl (C=O) groups excluding carboxylic acids is 1. The molecule has 0 saturated carbocycles. The van der Waals surface area contributed by atoms with Crippen molar-refractivity contribution in [3.63, 3.8) is 0 Å². The second-order valence-electron chi connectivity index (χ2n) is 3.91. The molecule has 1 aromatic rings. The number of esters is 1. The van der Waals surface area contributed by atoms with E-state index in [0.717, 1.165) is 25.8 Å². The van der Waals surface area contributed by atoms with Gasteiger partial charge in [0.05, 0.1) is 7.11 Å². The van der Waals surface area contributed by atoms with Crippen LogP contribution in [0.5, 0.6) is 0 Å². The van der Waals surface area contributed by atoms with Gasteiger partial charge in [-0.1, -0.05) is 0 Å². The van der Waals surface area contributed by atoms with Crippen LogP contribution in [-0.4, -0.2) is 35.6 Å². The Kier molecular flexibility index (Phi) is 3.78. The number of anilines is 1. The molecule has 1 atom stereocenters. The van der Waals surface area contributed by atoms with Crippen molar-refractivity contribution in [2.75, 3.05) is 18.6 Å². The molecule has 1 aromatic heterocycles. The Labute approximate surface area is 105 Å². The third-order valence-corrected chi connectivity index (χ3v) is 3.06. The van der Waals surface area contributed by atoms with Crippen molar-refractivity contribution in [1.82, 2.24) is 9.97 Å². The lowest BCUT2D eigenvalue weighted by atomic mass is 10.0. The molecule has 17 heavy (non-hydrogen) atoms. The molecular formula is C11H14ClN3O2. The highest BCUT2D eigenvalue weighted by Gasteiger charge is 2.30. The molecule has 0 radical (unpaired) electrons. The topological polar surface area (TPSA) is 55.3 Å². The van der Waals surface area contributed by atoms with E-state index in [2.05, 4.69) is 9.97 Å². The first-order valence-electron chi connectivity index (χ1n) is 5.55. The van der Waals surface area contributed by atoms with Crippen molar-refractivity contribution in [3.05, 3.63) is 17.5 Å². The molecule has 0 unspecified atom stereocenters. The Morgan fingerprint density at radius 2 is 2.41 bits per heavy atom. The van der Waals surface area contributed by atoms with Crippen molar-refractivity contribution in [1.29, 1.82) is 0 Å². The predicted octanol–water partition coefficient (Wildman–Crippen LogP) is 1.66. The molecule has 0 aromatic carbocycles. The summed E-state index contributed by atoms with van der Waals surface area (Å²) in [6.07, 6.45) is 4.44. The maximum atomic E-state index is 11.7. The number of piperidine rings is 1. The van der Waals surface area contributed by atoms with Crippen LogP contribution >= 0.6 is 11.6 Å². The van der Waals surface area contributed by atoms with E-state index in [9.17, 15) is 4.79 Å². The maximum absolute atomic E-state index is 11.7. The minimum Gasteiger partial charge on any atom is -0.467 e. The van der Waals surface area contributed by atoms with Gasteiger partial charge in [0.2, 0.25) is 5.28 Å². The molecular weight excluding hydrogens is 242 g/mol. The second kappa shape index (κ2) is 5.31. The molecule has 92 valence electrons. The van der Waals surface area contributed by atoms with E-state index in [4.69, 9.17) is 16.3 Å². The molecule has 2 heterocycles. The van der Waals surface area contributed by atoms with Gasteiger partial charge in [-0.05, 0) is 36.9 Å². The van der Waals surface area contributed by atoms with Crippen LogP contribution in [0.4, 0.5) is 5.82 Å². The van der Waals surface area contributed by atoms with Gasteiger partial charge in [-0.2, -0.15) is 0 Å². The van der Waals surface area contributed by atoms with E-state index in [1.54, 1.807) is 12.3 Å². The number of carbonyl (C=O) groups is 1. The Hall–Kier alpha value is -1.36. The van der Waals surface area contributed by atoms with Crippen LogP contribution in [0.3, 0.4) is 0 Å². The molecule has 0 spiro atoms. The van der Waals surface area contributed by atoms with Gasteiger partial charge in [0.1, 0.15) is 11.9 Å². The Bertz CT molecular complexity index is 413. The van der Waals surface area contributed by atoms with Crippen LogP contribution in [0.15, 0.2) is 12.3 Å². The predicted molar refractivity (Wildman–Crippen MR) is 64.0 cm³/mol. The first-order chi connectivity index (χ1) is 8.22. The lowest BCUT2D eigenvalue weighted by molar-refractivity contribution is -0.142. The molecule has 5 nitrogen and oxygen atoms in total. The van der Waals surface area contributed by atoms with E-state index < -0.39 is 0 Å². The molecule has 1 aliphatic rings. The molecule has 0 amide bonds. The van der Waals surface area contributed by atoms with Crippen LogP contribution in [0.1, 0.15) is 19.3 Å². The summed E-state index contributed by atoms with van der Waals surface area (Å²) in [5, 5.41) is 0.191. The molecule has 2 rings (SSSR count). The van der Waals surface area contributed by atoms with Crippen molar-refractivity contribution in [3.8, 4) is 0 Å². The maximum Gasteiger partial charge on any atom is 0.328 e. The summed E-state index contributed by atoms with van der Waals surface area (Å²) in [6.45, 7) is 0.785. The van der Waals surface area contributed by atoms with Gasteiger partial charge in [-0.3, -0.25) is 0 Å². The highest BCUT2D eigenvalue weighted by molar-refractivity contribution is 6.28. The third-order valence-electron chi connectivity index (χ3n) is 2.88. The van der Waals surface area contributed by atoms with Crippen LogP contribution in [-0.2, 0) is 9.53 Å². The average Bonchev–Trinajstić information content (AvgIpc) is 2.38. The summed E-state index contributed by atoms with van der Waals surface area (Å²) in [7, 11) is 1.40. The number of hydrogen-bond donors (Lipinski definition) is 0. The van der Waals surface area contributed by atoms with Crippen LogP contribution < -0.4 is 4.90 Å². The van der Waals surface area contributed by atoms with Gasteiger partial charge in [0.25, 0.3) is 0 Å². The lowest BCUT2D eigenvalue weighted by Crippen LogP contribution is -2.45. The normalized spacial score (nSPS) is 20.1. The van der Waals surface area contributed by atoms with E-state index in [1.165, 1.54) is 7.11 Å². The minimum absolute atomic E-state index is 0.191. The molecule has 6 heteroatoms. The van der Waals surface area contributed by atoms with E-state index >= 15 is 0 Å². The smallest absolute Gasteiger partial charge is 0.328 e. The Morgan fingerprint density at radius 3 is 3.12 bits per heavy atom. The number of halogens is 1. The quantitative estimate of drug-likeness (QED) is 0.594. The number of nitrogens with zero attached hydrogens (tertiary/aromatic N) is 3. The monoisotopic (exact) mass is 255 g/mol. The Morgan fingerprint density at radius 1 is 1.59 bits per heavy atom. The summed E-state index contributed by atoms with van der Waals surface area (Å²) in [6, 6.07) is 1.49. The number of ether oxygens (including phenoxy) is 1. The molecule has 0 bridgehead atoms. The number of rotatable bonds is 2. The standard InChI is InChI=1S/C11H14ClN3O2/c1-17-10(16)8-4-2-3-7-15(8)9-5-6-13-11(12)14-9/h5-6,8H,2-4,7H2,1H3/t8-/m1/s1. The van der Waals surface area contributed by atoms with Gasteiger partial charge in [-0.15, -0.1) is 0 Å². The Balaban J connectivity index is 2.24. The minimum atomic E-state index is -0.264. The van der Waals surface area contributed by atoms with Gasteiger partial charge in [-0.25, -0.2) is 14.8 Å². The first-order valence-corrected chi connectivity index (χ1v) is 5.93. The van der Waals surface area contributed by atoms with Gasteiger partial charge in [0, 0.05) is 12.7 Å². The fourth-order valence-electron chi connectivity index (χ4n) is 2.07. The highest BCUT2D eigenvalue weighted by atomic mass is 35.5. The van der Waals surface area contributed by atoms with Crippen LogP contribution in [0, 0.1) is 0 Å². The number of hydrogen-bond acceptors (Lipinski definition) is 5. The number of methoxy groups -OCH3 is 1. The summed E-state index contributed by atoms with van der Waals surface area (Å²) >= 11 is 5.76. The molecule has 1 fully saturated rings. The van der Waals surface area contributed by atoms with E-state index in [1.807, 2.05) is 4.90 Å². The summed E-state index contributed by atoms with van der Waals surface area (Å²) in [5.74, 6) is 0.458. The first kappa shape index (κ1) is 12.1. The van der Waals surface area contributed by atoms with Crippen LogP contribution in [0.25, 0.3) is 0 Å². The SMILES string of the molecule is COC(=O)[C@H]1CCCCN1c1ccnc(Cl)n1. The lowest BCUT2D eigenvalue weighted by Gasteiger charge is -2.34. The summed E-state index contributed by atoms with van der Waals surface area (Å²) in [4.78, 5) is 21.6. The van der Waals surface area contributed by atoms with Crippen molar-refractivity contribution < 1.29 is 9.53 Å². The highest BCUT2D eigenvalue weighted by Crippen LogP contribution is 2.24. The zero-order valence-corrected chi connectivity index (χ0v) is 10.4. The molecule has 0 aliphatic carbocycles. The van der Waals surface area contributed by atoms with Crippen LogP contribution in [0.2, 0.25) is 5.28 Å². The summed E-state index contributed by atoms with van der Waals surface area (Å²) in [5.41, 5.74) is 0. The zero-order valence-electron chi connectivity index (χ0n) is 9.60. The van der Waals surface area contributed by atoms with Crippen molar-refractivity contribution in [2.24, 2.45) is 0 Å². The molecule has 0 N–H and O–H groups in total. The zero-order chi connectivity index (χ0) is 12.3.